The van der Waals surface area contributed by atoms with Gasteiger partial charge in [0.05, 0.1) is 5.69 Å². The fraction of sp³-hybridized carbons (Fsp3) is 0.500. The third kappa shape index (κ3) is 4.25. The Balaban J connectivity index is 1.93. The Bertz CT molecular complexity index is 654. The van der Waals surface area contributed by atoms with Crippen molar-refractivity contribution in [3.63, 3.8) is 0 Å². The summed E-state index contributed by atoms with van der Waals surface area (Å²) in [4.78, 5) is 11.9. The van der Waals surface area contributed by atoms with E-state index in [1.54, 1.807) is 0 Å². The van der Waals surface area contributed by atoms with Gasteiger partial charge in [0, 0.05) is 31.3 Å². The highest BCUT2D eigenvalue weighted by Gasteiger charge is 2.19. The molecule has 0 saturated carbocycles. The van der Waals surface area contributed by atoms with Crippen LogP contribution in [0, 0.1) is 11.8 Å². The second-order valence-corrected chi connectivity index (χ2v) is 7.27. The van der Waals surface area contributed by atoms with Crippen molar-refractivity contribution >= 4 is 11.8 Å². The first-order valence-corrected chi connectivity index (χ1v) is 9.05. The standard InChI is InChI=1S/C20H28N4/c1-15(2)13-21-20-22-18(17-9-5-4-6-10-17)12-19(23-20)24-11-7-8-16(3)14-24/h4-6,9-10,12,15-16H,7-8,11,13-14H2,1-3H3,(H,21,22,23). The summed E-state index contributed by atoms with van der Waals surface area (Å²) in [5.41, 5.74) is 2.13. The number of piperidine rings is 1. The summed E-state index contributed by atoms with van der Waals surface area (Å²) >= 11 is 0. The predicted molar refractivity (Wildman–Crippen MR) is 101 cm³/mol. The van der Waals surface area contributed by atoms with Crippen molar-refractivity contribution < 1.29 is 0 Å². The Kier molecular flexibility index (Phi) is 5.34. The molecule has 0 radical (unpaired) electrons. The maximum Gasteiger partial charge on any atom is 0.225 e. The fourth-order valence-electron chi connectivity index (χ4n) is 3.13. The van der Waals surface area contributed by atoms with Crippen LogP contribution >= 0.6 is 0 Å². The van der Waals surface area contributed by atoms with Crippen LogP contribution in [0.15, 0.2) is 36.4 Å². The Labute approximate surface area is 145 Å². The van der Waals surface area contributed by atoms with Gasteiger partial charge in [-0.25, -0.2) is 4.98 Å². The monoisotopic (exact) mass is 324 g/mol. The molecule has 2 heterocycles. The molecule has 1 N–H and O–H groups in total. The van der Waals surface area contributed by atoms with Gasteiger partial charge in [-0.1, -0.05) is 51.1 Å². The van der Waals surface area contributed by atoms with Crippen LogP contribution in [0.5, 0.6) is 0 Å². The normalized spacial score (nSPS) is 18.0. The van der Waals surface area contributed by atoms with Gasteiger partial charge in [-0.3, -0.25) is 0 Å². The van der Waals surface area contributed by atoms with Gasteiger partial charge in [0.25, 0.3) is 0 Å². The molecule has 0 aliphatic carbocycles. The van der Waals surface area contributed by atoms with Crippen molar-refractivity contribution in [3.05, 3.63) is 36.4 Å². The molecular formula is C20H28N4. The number of nitrogens with zero attached hydrogens (tertiary/aromatic N) is 3. The van der Waals surface area contributed by atoms with Gasteiger partial charge in [0.2, 0.25) is 5.95 Å². The highest BCUT2D eigenvalue weighted by atomic mass is 15.2. The second kappa shape index (κ2) is 7.65. The van der Waals surface area contributed by atoms with Crippen molar-refractivity contribution in [2.75, 3.05) is 29.9 Å². The van der Waals surface area contributed by atoms with Gasteiger partial charge in [-0.15, -0.1) is 0 Å². The van der Waals surface area contributed by atoms with Crippen molar-refractivity contribution in [2.45, 2.75) is 33.6 Å². The topological polar surface area (TPSA) is 41.1 Å². The van der Waals surface area contributed by atoms with Crippen molar-refractivity contribution in [1.82, 2.24) is 9.97 Å². The number of benzene rings is 1. The molecule has 0 bridgehead atoms. The third-order valence-corrected chi connectivity index (χ3v) is 4.43. The minimum Gasteiger partial charge on any atom is -0.356 e. The lowest BCUT2D eigenvalue weighted by Gasteiger charge is -2.32. The summed E-state index contributed by atoms with van der Waals surface area (Å²) in [5, 5.41) is 3.40. The molecule has 1 atom stereocenters. The Hall–Kier alpha value is -2.10. The number of hydrogen-bond donors (Lipinski definition) is 1. The van der Waals surface area contributed by atoms with E-state index in [1.165, 1.54) is 12.8 Å². The van der Waals surface area contributed by atoms with Crippen LogP contribution in [-0.2, 0) is 0 Å². The summed E-state index contributed by atoms with van der Waals surface area (Å²) < 4.78 is 0. The van der Waals surface area contributed by atoms with E-state index in [0.29, 0.717) is 5.92 Å². The zero-order valence-electron chi connectivity index (χ0n) is 15.0. The highest BCUT2D eigenvalue weighted by Crippen LogP contribution is 2.26. The number of nitrogens with one attached hydrogen (secondary N) is 1. The van der Waals surface area contributed by atoms with Gasteiger partial charge in [0.15, 0.2) is 0 Å². The molecule has 3 rings (SSSR count). The highest BCUT2D eigenvalue weighted by molar-refractivity contribution is 5.64. The number of anilines is 2. The third-order valence-electron chi connectivity index (χ3n) is 4.43. The van der Waals surface area contributed by atoms with E-state index >= 15 is 0 Å². The molecule has 4 heteroatoms. The van der Waals surface area contributed by atoms with Gasteiger partial charge >= 0.3 is 0 Å². The van der Waals surface area contributed by atoms with Crippen molar-refractivity contribution in [1.29, 1.82) is 0 Å². The summed E-state index contributed by atoms with van der Waals surface area (Å²) in [6, 6.07) is 12.5. The second-order valence-electron chi connectivity index (χ2n) is 7.27. The quantitative estimate of drug-likeness (QED) is 0.882. The molecule has 2 aromatic rings. The van der Waals surface area contributed by atoms with Gasteiger partial charge in [0.1, 0.15) is 5.82 Å². The van der Waals surface area contributed by atoms with E-state index in [4.69, 9.17) is 9.97 Å². The van der Waals surface area contributed by atoms with E-state index in [1.807, 2.05) is 6.07 Å². The molecular weight excluding hydrogens is 296 g/mol. The Morgan fingerprint density at radius 1 is 1.21 bits per heavy atom. The Morgan fingerprint density at radius 2 is 2.00 bits per heavy atom. The van der Waals surface area contributed by atoms with E-state index < -0.39 is 0 Å². The van der Waals surface area contributed by atoms with Gasteiger partial charge in [-0.2, -0.15) is 4.98 Å². The van der Waals surface area contributed by atoms with Crippen LogP contribution in [0.1, 0.15) is 33.6 Å². The average molecular weight is 324 g/mol. The molecule has 128 valence electrons. The van der Waals surface area contributed by atoms with Crippen molar-refractivity contribution in [2.24, 2.45) is 11.8 Å². The lowest BCUT2D eigenvalue weighted by molar-refractivity contribution is 0.444. The number of hydrogen-bond acceptors (Lipinski definition) is 4. The predicted octanol–water partition coefficient (Wildman–Crippen LogP) is 4.45. The summed E-state index contributed by atoms with van der Waals surface area (Å²) in [6.07, 6.45) is 2.55. The average Bonchev–Trinajstić information content (AvgIpc) is 2.60. The zero-order valence-corrected chi connectivity index (χ0v) is 15.0. The fourth-order valence-corrected chi connectivity index (χ4v) is 3.13. The lowest BCUT2D eigenvalue weighted by Crippen LogP contribution is -2.35. The minimum atomic E-state index is 0.562. The van der Waals surface area contributed by atoms with E-state index in [9.17, 15) is 0 Å². The maximum absolute atomic E-state index is 4.79. The molecule has 0 spiro atoms. The van der Waals surface area contributed by atoms with Crippen LogP contribution in [0.2, 0.25) is 0 Å². The molecule has 1 aromatic carbocycles. The van der Waals surface area contributed by atoms with Crippen LogP contribution in [-0.4, -0.2) is 29.6 Å². The first kappa shape index (κ1) is 16.7. The zero-order chi connectivity index (χ0) is 16.9. The summed E-state index contributed by atoms with van der Waals surface area (Å²) in [7, 11) is 0. The van der Waals surface area contributed by atoms with Gasteiger partial charge in [-0.05, 0) is 24.7 Å². The van der Waals surface area contributed by atoms with Crippen LogP contribution in [0.4, 0.5) is 11.8 Å². The maximum atomic E-state index is 4.79. The van der Waals surface area contributed by atoms with E-state index in [-0.39, 0.29) is 0 Å². The Morgan fingerprint density at radius 3 is 2.71 bits per heavy atom. The minimum absolute atomic E-state index is 0.562. The molecule has 1 aliphatic heterocycles. The van der Waals surface area contributed by atoms with Crippen LogP contribution < -0.4 is 10.2 Å². The largest absolute Gasteiger partial charge is 0.356 e. The van der Waals surface area contributed by atoms with Gasteiger partial charge < -0.3 is 10.2 Å². The number of rotatable bonds is 5. The van der Waals surface area contributed by atoms with Crippen LogP contribution in [0.3, 0.4) is 0 Å². The summed E-state index contributed by atoms with van der Waals surface area (Å²) in [6.45, 7) is 9.76. The molecule has 1 aliphatic rings. The van der Waals surface area contributed by atoms with E-state index in [2.05, 4.69) is 61.3 Å². The molecule has 1 saturated heterocycles. The molecule has 1 aromatic heterocycles. The molecule has 1 unspecified atom stereocenters. The van der Waals surface area contributed by atoms with Crippen LogP contribution in [0.25, 0.3) is 11.3 Å². The lowest BCUT2D eigenvalue weighted by atomic mass is 10.0. The smallest absolute Gasteiger partial charge is 0.225 e. The van der Waals surface area contributed by atoms with Crippen molar-refractivity contribution in [3.8, 4) is 11.3 Å². The molecule has 24 heavy (non-hydrogen) atoms. The number of aromatic nitrogens is 2. The first-order chi connectivity index (χ1) is 11.6. The van der Waals surface area contributed by atoms with E-state index in [0.717, 1.165) is 48.6 Å². The molecule has 4 nitrogen and oxygen atoms in total. The first-order valence-electron chi connectivity index (χ1n) is 9.05. The SMILES string of the molecule is CC(C)CNc1nc(-c2ccccc2)cc(N2CCCC(C)C2)n1. The molecule has 1 fully saturated rings. The molecule has 0 amide bonds. The summed E-state index contributed by atoms with van der Waals surface area (Å²) in [5.74, 6) is 3.06.